The highest BCUT2D eigenvalue weighted by Gasteiger charge is 2.20. The van der Waals surface area contributed by atoms with Crippen molar-refractivity contribution >= 4 is 28.5 Å². The van der Waals surface area contributed by atoms with E-state index in [0.717, 1.165) is 0 Å². The molecule has 0 amide bonds. The van der Waals surface area contributed by atoms with Gasteiger partial charge in [0.05, 0.1) is 0 Å². The predicted molar refractivity (Wildman–Crippen MR) is 76.5 cm³/mol. The highest BCUT2D eigenvalue weighted by atomic mass is 28.4. The largest absolute Gasteiger partial charge is 0.449 e. The quantitative estimate of drug-likeness (QED) is 0.761. The Bertz CT molecular complexity index is 403. The molecule has 0 spiro atoms. The van der Waals surface area contributed by atoms with Crippen LogP contribution >= 0.6 is 0 Å². The van der Waals surface area contributed by atoms with E-state index in [2.05, 4.69) is 73.8 Å². The summed E-state index contributed by atoms with van der Waals surface area (Å²) in [5.41, 5.74) is 0. The summed E-state index contributed by atoms with van der Waals surface area (Å²) >= 11 is 0. The maximum atomic E-state index is 6.23. The van der Waals surface area contributed by atoms with Crippen LogP contribution in [-0.2, 0) is 4.12 Å². The van der Waals surface area contributed by atoms with Crippen LogP contribution in [0.15, 0.2) is 60.7 Å². The van der Waals surface area contributed by atoms with Crippen LogP contribution in [0.4, 0.5) is 0 Å². The molecule has 0 aliphatic heterocycles. The molecule has 0 unspecified atom stereocenters. The summed E-state index contributed by atoms with van der Waals surface area (Å²) < 4.78 is 6.23. The van der Waals surface area contributed by atoms with Gasteiger partial charge < -0.3 is 4.12 Å². The summed E-state index contributed by atoms with van der Waals surface area (Å²) in [4.78, 5) is 0. The van der Waals surface area contributed by atoms with Crippen molar-refractivity contribution in [3.8, 4) is 0 Å². The van der Waals surface area contributed by atoms with Gasteiger partial charge in [0.2, 0.25) is 0 Å². The number of hydrogen-bond acceptors (Lipinski definition) is 1. The summed E-state index contributed by atoms with van der Waals surface area (Å²) in [5, 5.41) is 2.66. The van der Waals surface area contributed by atoms with Gasteiger partial charge in [-0.15, -0.1) is 0 Å². The second-order valence-electron chi connectivity index (χ2n) is 4.07. The fourth-order valence-corrected chi connectivity index (χ4v) is 5.57. The average Bonchev–Trinajstić information content (AvgIpc) is 2.38. The minimum atomic E-state index is -1.05. The maximum Gasteiger partial charge on any atom is 0.272 e. The first-order valence-corrected chi connectivity index (χ1v) is 9.55. The van der Waals surface area contributed by atoms with Crippen molar-refractivity contribution < 1.29 is 4.12 Å². The van der Waals surface area contributed by atoms with Crippen LogP contribution in [0.5, 0.6) is 0 Å². The molecule has 2 rings (SSSR count). The SMILES string of the molecule is C[Si](C)O[Si](c1ccccc1)c1ccccc1. The van der Waals surface area contributed by atoms with Crippen LogP contribution < -0.4 is 10.4 Å². The molecule has 17 heavy (non-hydrogen) atoms. The fraction of sp³-hybridized carbons (Fsp3) is 0.143. The monoisotopic (exact) mass is 256 g/mol. The third-order valence-electron chi connectivity index (χ3n) is 2.38. The Morgan fingerprint density at radius 3 is 1.47 bits per heavy atom. The zero-order chi connectivity index (χ0) is 12.1. The minimum absolute atomic E-state index is 0.682. The van der Waals surface area contributed by atoms with Gasteiger partial charge >= 0.3 is 0 Å². The Hall–Kier alpha value is -1.17. The van der Waals surface area contributed by atoms with Crippen molar-refractivity contribution in [3.63, 3.8) is 0 Å². The van der Waals surface area contributed by atoms with Gasteiger partial charge in [-0.25, -0.2) is 0 Å². The average molecular weight is 256 g/mol. The molecule has 86 valence electrons. The van der Waals surface area contributed by atoms with E-state index in [9.17, 15) is 0 Å². The smallest absolute Gasteiger partial charge is 0.272 e. The molecule has 0 saturated heterocycles. The van der Waals surface area contributed by atoms with Gasteiger partial charge in [0, 0.05) is 0 Å². The molecule has 2 radical (unpaired) electrons. The van der Waals surface area contributed by atoms with E-state index in [-0.39, 0.29) is 0 Å². The fourth-order valence-electron chi connectivity index (χ4n) is 1.67. The second-order valence-corrected chi connectivity index (χ2v) is 8.52. The second kappa shape index (κ2) is 5.95. The molecule has 0 saturated carbocycles. The Morgan fingerprint density at radius 1 is 0.706 bits per heavy atom. The van der Waals surface area contributed by atoms with Crippen LogP contribution in [0.1, 0.15) is 0 Å². The predicted octanol–water partition coefficient (Wildman–Crippen LogP) is 2.06. The van der Waals surface area contributed by atoms with Gasteiger partial charge in [0.1, 0.15) is 0 Å². The van der Waals surface area contributed by atoms with E-state index in [1.165, 1.54) is 10.4 Å². The molecule has 0 fully saturated rings. The summed E-state index contributed by atoms with van der Waals surface area (Å²) in [6.45, 7) is 4.39. The van der Waals surface area contributed by atoms with Crippen molar-refractivity contribution in [3.05, 3.63) is 60.7 Å². The standard InChI is InChI=1S/C14H16OSi2/c1-16(2)15-17(13-9-5-3-6-10-13)14-11-7-4-8-12-14/h3-12H,1-2H3. The zero-order valence-electron chi connectivity index (χ0n) is 10.2. The van der Waals surface area contributed by atoms with Gasteiger partial charge in [-0.1, -0.05) is 60.7 Å². The van der Waals surface area contributed by atoms with Gasteiger partial charge in [-0.2, -0.15) is 0 Å². The van der Waals surface area contributed by atoms with Gasteiger partial charge in [-0.05, 0) is 23.5 Å². The summed E-state index contributed by atoms with van der Waals surface area (Å²) in [6.07, 6.45) is 0. The van der Waals surface area contributed by atoms with E-state index in [4.69, 9.17) is 4.12 Å². The third-order valence-corrected chi connectivity index (χ3v) is 6.54. The van der Waals surface area contributed by atoms with Crippen LogP contribution in [0.2, 0.25) is 13.1 Å². The number of hydrogen-bond donors (Lipinski definition) is 0. The molecule has 0 aliphatic rings. The number of rotatable bonds is 4. The molecule has 2 aromatic rings. The molecule has 0 bridgehead atoms. The molecule has 0 N–H and O–H groups in total. The Balaban J connectivity index is 2.32. The van der Waals surface area contributed by atoms with Crippen LogP contribution in [0.3, 0.4) is 0 Å². The van der Waals surface area contributed by atoms with E-state index in [1.54, 1.807) is 0 Å². The first-order valence-electron chi connectivity index (χ1n) is 5.73. The van der Waals surface area contributed by atoms with Crippen LogP contribution in [0.25, 0.3) is 0 Å². The molecule has 3 heteroatoms. The highest BCUT2D eigenvalue weighted by molar-refractivity contribution is 6.84. The lowest BCUT2D eigenvalue weighted by molar-refractivity contribution is 0.620. The van der Waals surface area contributed by atoms with Crippen molar-refractivity contribution in [1.29, 1.82) is 0 Å². The lowest BCUT2D eigenvalue weighted by atomic mass is 10.4. The molecule has 0 aromatic heterocycles. The highest BCUT2D eigenvalue weighted by Crippen LogP contribution is 1.96. The van der Waals surface area contributed by atoms with E-state index < -0.39 is 18.1 Å². The Morgan fingerprint density at radius 2 is 1.12 bits per heavy atom. The lowest BCUT2D eigenvalue weighted by Crippen LogP contribution is -2.47. The van der Waals surface area contributed by atoms with Gasteiger partial charge in [0.25, 0.3) is 9.04 Å². The van der Waals surface area contributed by atoms with Crippen LogP contribution in [-0.4, -0.2) is 18.1 Å². The topological polar surface area (TPSA) is 9.23 Å². The summed E-state index contributed by atoms with van der Waals surface area (Å²) in [6, 6.07) is 21.1. The first-order chi connectivity index (χ1) is 8.27. The third kappa shape index (κ3) is 3.39. The van der Waals surface area contributed by atoms with Gasteiger partial charge in [0.15, 0.2) is 9.04 Å². The van der Waals surface area contributed by atoms with E-state index in [0.29, 0.717) is 0 Å². The molecular weight excluding hydrogens is 240 g/mol. The molecule has 2 aromatic carbocycles. The lowest BCUT2D eigenvalue weighted by Gasteiger charge is -2.18. The molecule has 0 aliphatic carbocycles. The summed E-state index contributed by atoms with van der Waals surface area (Å²) in [7, 11) is -1.74. The van der Waals surface area contributed by atoms with Crippen molar-refractivity contribution in [2.24, 2.45) is 0 Å². The Labute approximate surface area is 107 Å². The van der Waals surface area contributed by atoms with Crippen LogP contribution in [0, 0.1) is 0 Å². The minimum Gasteiger partial charge on any atom is -0.449 e. The van der Waals surface area contributed by atoms with Crippen molar-refractivity contribution in [2.75, 3.05) is 0 Å². The summed E-state index contributed by atoms with van der Waals surface area (Å²) in [5.74, 6) is 0. The maximum absolute atomic E-state index is 6.23. The van der Waals surface area contributed by atoms with E-state index in [1.807, 2.05) is 0 Å². The molecule has 0 atom stereocenters. The number of benzene rings is 2. The normalized spacial score (nSPS) is 11.1. The molecular formula is C14H16OSi2. The van der Waals surface area contributed by atoms with Gasteiger partial charge in [-0.3, -0.25) is 0 Å². The molecule has 1 nitrogen and oxygen atoms in total. The Kier molecular flexibility index (Phi) is 4.31. The van der Waals surface area contributed by atoms with E-state index >= 15 is 0 Å². The first kappa shape index (κ1) is 12.3. The zero-order valence-corrected chi connectivity index (χ0v) is 12.2. The van der Waals surface area contributed by atoms with Crippen molar-refractivity contribution in [1.82, 2.24) is 0 Å². The van der Waals surface area contributed by atoms with Crippen molar-refractivity contribution in [2.45, 2.75) is 13.1 Å². The molecule has 0 heterocycles.